The molecule has 0 saturated heterocycles. The van der Waals surface area contributed by atoms with Gasteiger partial charge in [0.25, 0.3) is 0 Å². The zero-order valence-electron chi connectivity index (χ0n) is 13.9. The fourth-order valence-corrected chi connectivity index (χ4v) is 3.60. The molecule has 1 amide bonds. The van der Waals surface area contributed by atoms with E-state index < -0.39 is 0 Å². The molecule has 21 heavy (non-hydrogen) atoms. The Balaban J connectivity index is 3.06. The van der Waals surface area contributed by atoms with Gasteiger partial charge in [-0.05, 0) is 43.3 Å². The van der Waals surface area contributed by atoms with Gasteiger partial charge in [0.1, 0.15) is 0 Å². The van der Waals surface area contributed by atoms with Gasteiger partial charge >= 0.3 is 0 Å². The molecule has 2 unspecified atom stereocenters. The highest BCUT2D eigenvalue weighted by Gasteiger charge is 2.29. The van der Waals surface area contributed by atoms with Crippen molar-refractivity contribution in [2.24, 2.45) is 5.73 Å². The van der Waals surface area contributed by atoms with E-state index in [1.165, 1.54) is 10.4 Å². The van der Waals surface area contributed by atoms with E-state index in [0.29, 0.717) is 6.54 Å². The maximum Gasteiger partial charge on any atom is 0.236 e. The molecular formula is C16H29N3OS. The number of likely N-dealkylation sites (N-methyl/N-ethyl adjacent to an activating group) is 1. The van der Waals surface area contributed by atoms with E-state index in [9.17, 15) is 4.79 Å². The van der Waals surface area contributed by atoms with Crippen molar-refractivity contribution in [3.05, 3.63) is 21.9 Å². The Morgan fingerprint density at radius 1 is 1.38 bits per heavy atom. The van der Waals surface area contributed by atoms with Gasteiger partial charge in [-0.3, -0.25) is 9.69 Å². The molecule has 0 aromatic carbocycles. The average Bonchev–Trinajstić information content (AvgIpc) is 2.85. The fraction of sp³-hybridized carbons (Fsp3) is 0.688. The smallest absolute Gasteiger partial charge is 0.236 e. The van der Waals surface area contributed by atoms with Gasteiger partial charge in [-0.15, -0.1) is 11.3 Å². The largest absolute Gasteiger partial charge is 0.348 e. The summed E-state index contributed by atoms with van der Waals surface area (Å²) in [6.45, 7) is 7.69. The lowest BCUT2D eigenvalue weighted by molar-refractivity contribution is -0.130. The average molecular weight is 311 g/mol. The number of amides is 1. The number of nitrogens with zero attached hydrogens (tertiary/aromatic N) is 2. The summed E-state index contributed by atoms with van der Waals surface area (Å²) >= 11 is 1.74. The van der Waals surface area contributed by atoms with E-state index in [2.05, 4.69) is 37.1 Å². The number of carbonyl (C=O) groups is 1. The number of thiophene rings is 1. The van der Waals surface area contributed by atoms with E-state index >= 15 is 0 Å². The van der Waals surface area contributed by atoms with Gasteiger partial charge in [0, 0.05) is 25.0 Å². The second-order valence-electron chi connectivity index (χ2n) is 5.74. The van der Waals surface area contributed by atoms with Crippen molar-refractivity contribution >= 4 is 17.2 Å². The molecule has 0 aliphatic heterocycles. The highest BCUT2D eigenvalue weighted by Crippen LogP contribution is 2.32. The first kappa shape index (κ1) is 18.1. The Kier molecular flexibility index (Phi) is 7.35. The summed E-state index contributed by atoms with van der Waals surface area (Å²) in [5.41, 5.74) is 7.67. The molecule has 2 N–H and O–H groups in total. The molecule has 0 spiro atoms. The SMILES string of the molecule is CCCN(CC(=O)N(C)C)C(c1sccc1C)C(N)CC. The fourth-order valence-electron chi connectivity index (χ4n) is 2.46. The molecule has 0 aliphatic carbocycles. The normalized spacial score (nSPS) is 14.2. The molecule has 0 bridgehead atoms. The number of aryl methyl sites for hydroxylation is 1. The molecule has 120 valence electrons. The molecule has 0 saturated carbocycles. The van der Waals surface area contributed by atoms with E-state index in [1.807, 2.05) is 0 Å². The van der Waals surface area contributed by atoms with Crippen LogP contribution in [-0.4, -0.2) is 48.9 Å². The molecule has 1 rings (SSSR count). The summed E-state index contributed by atoms with van der Waals surface area (Å²) in [7, 11) is 3.61. The van der Waals surface area contributed by atoms with Crippen molar-refractivity contribution < 1.29 is 4.79 Å². The van der Waals surface area contributed by atoms with Crippen LogP contribution < -0.4 is 5.73 Å². The first-order valence-electron chi connectivity index (χ1n) is 7.66. The molecule has 4 nitrogen and oxygen atoms in total. The second kappa shape index (κ2) is 8.51. The Morgan fingerprint density at radius 2 is 2.05 bits per heavy atom. The summed E-state index contributed by atoms with van der Waals surface area (Å²) < 4.78 is 0. The van der Waals surface area contributed by atoms with E-state index in [4.69, 9.17) is 5.73 Å². The van der Waals surface area contributed by atoms with Crippen LogP contribution in [0.3, 0.4) is 0 Å². The third-order valence-electron chi connectivity index (χ3n) is 3.79. The summed E-state index contributed by atoms with van der Waals surface area (Å²) in [6.07, 6.45) is 1.91. The van der Waals surface area contributed by atoms with Crippen LogP contribution in [0.25, 0.3) is 0 Å². The van der Waals surface area contributed by atoms with Gasteiger partial charge in [0.15, 0.2) is 0 Å². The maximum absolute atomic E-state index is 12.1. The number of rotatable bonds is 8. The quantitative estimate of drug-likeness (QED) is 0.803. The summed E-state index contributed by atoms with van der Waals surface area (Å²) in [5.74, 6) is 0.131. The monoisotopic (exact) mass is 311 g/mol. The van der Waals surface area contributed by atoms with Crippen LogP contribution >= 0.6 is 11.3 Å². The number of hydrogen-bond acceptors (Lipinski definition) is 4. The molecule has 0 fully saturated rings. The number of carbonyl (C=O) groups excluding carboxylic acids is 1. The van der Waals surface area contributed by atoms with Crippen molar-refractivity contribution in [2.75, 3.05) is 27.2 Å². The van der Waals surface area contributed by atoms with Gasteiger partial charge in [0.2, 0.25) is 5.91 Å². The third-order valence-corrected chi connectivity index (χ3v) is 4.88. The van der Waals surface area contributed by atoms with Crippen LogP contribution in [0.2, 0.25) is 0 Å². The lowest BCUT2D eigenvalue weighted by Gasteiger charge is -2.35. The first-order valence-corrected chi connectivity index (χ1v) is 8.54. The highest BCUT2D eigenvalue weighted by atomic mass is 32.1. The van der Waals surface area contributed by atoms with Crippen LogP contribution in [0, 0.1) is 6.92 Å². The Morgan fingerprint density at radius 3 is 2.48 bits per heavy atom. The Bertz CT molecular complexity index is 444. The Labute approximate surface area is 132 Å². The van der Waals surface area contributed by atoms with E-state index in [0.717, 1.165) is 19.4 Å². The molecule has 1 heterocycles. The van der Waals surface area contributed by atoms with Crippen molar-refractivity contribution in [1.82, 2.24) is 9.80 Å². The molecular weight excluding hydrogens is 282 g/mol. The van der Waals surface area contributed by atoms with Crippen molar-refractivity contribution in [1.29, 1.82) is 0 Å². The van der Waals surface area contributed by atoms with Gasteiger partial charge in [0.05, 0.1) is 12.6 Å². The zero-order chi connectivity index (χ0) is 16.0. The van der Waals surface area contributed by atoms with Crippen molar-refractivity contribution in [2.45, 2.75) is 45.7 Å². The number of hydrogen-bond donors (Lipinski definition) is 1. The minimum atomic E-state index is 0.0452. The lowest BCUT2D eigenvalue weighted by atomic mass is 10.00. The van der Waals surface area contributed by atoms with Crippen molar-refractivity contribution in [3.63, 3.8) is 0 Å². The molecule has 0 radical (unpaired) electrons. The standard InChI is InChI=1S/C16H29N3OS/c1-6-9-19(11-14(20)18(4)5)15(13(17)7-2)16-12(3)8-10-21-16/h8,10,13,15H,6-7,9,11,17H2,1-5H3. The minimum Gasteiger partial charge on any atom is -0.348 e. The maximum atomic E-state index is 12.1. The second-order valence-corrected chi connectivity index (χ2v) is 6.69. The predicted octanol–water partition coefficient (Wildman–Crippen LogP) is 2.64. The summed E-state index contributed by atoms with van der Waals surface area (Å²) in [6, 6.07) is 2.30. The van der Waals surface area contributed by atoms with Crippen LogP contribution in [0.4, 0.5) is 0 Å². The van der Waals surface area contributed by atoms with Crippen molar-refractivity contribution in [3.8, 4) is 0 Å². The summed E-state index contributed by atoms with van der Waals surface area (Å²) in [4.78, 5) is 17.3. The molecule has 1 aromatic heterocycles. The topological polar surface area (TPSA) is 49.6 Å². The van der Waals surface area contributed by atoms with Crippen LogP contribution in [0.1, 0.15) is 43.2 Å². The first-order chi connectivity index (χ1) is 9.92. The molecule has 5 heteroatoms. The van der Waals surface area contributed by atoms with Gasteiger partial charge in [-0.25, -0.2) is 0 Å². The molecule has 0 aliphatic rings. The van der Waals surface area contributed by atoms with Crippen LogP contribution in [-0.2, 0) is 4.79 Å². The number of nitrogens with two attached hydrogens (primary N) is 1. The van der Waals surface area contributed by atoms with Gasteiger partial charge in [-0.2, -0.15) is 0 Å². The van der Waals surface area contributed by atoms with Gasteiger partial charge in [-0.1, -0.05) is 13.8 Å². The van der Waals surface area contributed by atoms with Crippen LogP contribution in [0.5, 0.6) is 0 Å². The Hall–Kier alpha value is -0.910. The summed E-state index contributed by atoms with van der Waals surface area (Å²) in [5, 5.41) is 2.11. The third kappa shape index (κ3) is 4.80. The molecule has 2 atom stereocenters. The van der Waals surface area contributed by atoms with Gasteiger partial charge < -0.3 is 10.6 Å². The van der Waals surface area contributed by atoms with E-state index in [-0.39, 0.29) is 18.0 Å². The lowest BCUT2D eigenvalue weighted by Crippen LogP contribution is -2.45. The van der Waals surface area contributed by atoms with Crippen LogP contribution in [0.15, 0.2) is 11.4 Å². The zero-order valence-corrected chi connectivity index (χ0v) is 14.7. The van der Waals surface area contributed by atoms with E-state index in [1.54, 1.807) is 30.3 Å². The molecule has 1 aromatic rings. The highest BCUT2D eigenvalue weighted by molar-refractivity contribution is 7.10. The predicted molar refractivity (Wildman–Crippen MR) is 90.6 cm³/mol. The minimum absolute atomic E-state index is 0.0452.